The monoisotopic (exact) mass is 193 g/mol. The van der Waals surface area contributed by atoms with Crippen molar-refractivity contribution in [3.63, 3.8) is 0 Å². The summed E-state index contributed by atoms with van der Waals surface area (Å²) in [6, 6.07) is 8.57. The van der Waals surface area contributed by atoms with E-state index in [1.165, 1.54) is 11.3 Å². The summed E-state index contributed by atoms with van der Waals surface area (Å²) in [5.74, 6) is 0. The van der Waals surface area contributed by atoms with Crippen molar-refractivity contribution in [2.75, 3.05) is 31.7 Å². The fourth-order valence-electron chi connectivity index (χ4n) is 1.50. The molecule has 0 aliphatic heterocycles. The van der Waals surface area contributed by atoms with Crippen LogP contribution in [0.5, 0.6) is 0 Å². The van der Waals surface area contributed by atoms with Gasteiger partial charge in [0, 0.05) is 25.9 Å². The number of ether oxygens (including phenoxy) is 1. The van der Waals surface area contributed by atoms with E-state index in [9.17, 15) is 0 Å². The summed E-state index contributed by atoms with van der Waals surface area (Å²) in [5.41, 5.74) is 2.59. The van der Waals surface area contributed by atoms with Gasteiger partial charge in [-0.15, -0.1) is 0 Å². The highest BCUT2D eigenvalue weighted by atomic mass is 16.5. The molecule has 1 aromatic rings. The Bertz CT molecular complexity index is 273. The van der Waals surface area contributed by atoms with Crippen LogP contribution in [0.3, 0.4) is 0 Å². The van der Waals surface area contributed by atoms with Gasteiger partial charge in [-0.05, 0) is 31.5 Å². The van der Waals surface area contributed by atoms with Crippen molar-refractivity contribution >= 4 is 5.69 Å². The van der Waals surface area contributed by atoms with Crippen LogP contribution in [-0.4, -0.2) is 26.8 Å². The van der Waals surface area contributed by atoms with Crippen LogP contribution in [0.4, 0.5) is 5.69 Å². The lowest BCUT2D eigenvalue weighted by molar-refractivity contribution is 0.205. The number of hydrogen-bond acceptors (Lipinski definition) is 2. The first kappa shape index (κ1) is 11.1. The van der Waals surface area contributed by atoms with Crippen molar-refractivity contribution < 1.29 is 4.74 Å². The maximum absolute atomic E-state index is 5.08. The van der Waals surface area contributed by atoms with Crippen LogP contribution in [-0.2, 0) is 4.74 Å². The molecular weight excluding hydrogens is 174 g/mol. The number of methoxy groups -OCH3 is 1. The molecule has 2 nitrogen and oxygen atoms in total. The second-order valence-electron chi connectivity index (χ2n) is 3.41. The first-order chi connectivity index (χ1) is 6.77. The van der Waals surface area contributed by atoms with Gasteiger partial charge in [-0.1, -0.05) is 12.1 Å². The van der Waals surface area contributed by atoms with Crippen LogP contribution in [0, 0.1) is 6.92 Å². The minimum absolute atomic E-state index is 0.780. The van der Waals surface area contributed by atoms with Crippen molar-refractivity contribution in [1.82, 2.24) is 0 Å². The molecule has 0 aromatic heterocycles. The predicted molar refractivity (Wildman–Crippen MR) is 60.9 cm³/mol. The minimum atomic E-state index is 0.780. The van der Waals surface area contributed by atoms with E-state index in [0.717, 1.165) is 19.7 Å². The van der Waals surface area contributed by atoms with E-state index < -0.39 is 0 Å². The SMILES string of the molecule is CCN(CCOC)c1cccc(C)c1. The average Bonchev–Trinajstić information content (AvgIpc) is 2.19. The summed E-state index contributed by atoms with van der Waals surface area (Å²) in [6.07, 6.45) is 0. The highest BCUT2D eigenvalue weighted by Crippen LogP contribution is 2.14. The largest absolute Gasteiger partial charge is 0.383 e. The molecule has 0 heterocycles. The van der Waals surface area contributed by atoms with Gasteiger partial charge >= 0.3 is 0 Å². The first-order valence-corrected chi connectivity index (χ1v) is 5.08. The molecule has 0 N–H and O–H groups in total. The Labute approximate surface area is 86.5 Å². The molecule has 0 saturated carbocycles. The van der Waals surface area contributed by atoms with E-state index in [4.69, 9.17) is 4.74 Å². The summed E-state index contributed by atoms with van der Waals surface area (Å²) in [4.78, 5) is 2.32. The van der Waals surface area contributed by atoms with Crippen LogP contribution in [0.15, 0.2) is 24.3 Å². The van der Waals surface area contributed by atoms with E-state index in [1.54, 1.807) is 7.11 Å². The minimum Gasteiger partial charge on any atom is -0.383 e. The molecule has 0 atom stereocenters. The number of benzene rings is 1. The van der Waals surface area contributed by atoms with Crippen molar-refractivity contribution in [3.8, 4) is 0 Å². The third kappa shape index (κ3) is 3.04. The van der Waals surface area contributed by atoms with Crippen molar-refractivity contribution in [1.29, 1.82) is 0 Å². The molecule has 0 bridgehead atoms. The van der Waals surface area contributed by atoms with Gasteiger partial charge in [-0.3, -0.25) is 0 Å². The van der Waals surface area contributed by atoms with Gasteiger partial charge in [0.15, 0.2) is 0 Å². The molecule has 0 radical (unpaired) electrons. The Morgan fingerprint density at radius 2 is 2.14 bits per heavy atom. The third-order valence-electron chi connectivity index (χ3n) is 2.31. The van der Waals surface area contributed by atoms with Crippen molar-refractivity contribution in [2.45, 2.75) is 13.8 Å². The van der Waals surface area contributed by atoms with E-state index >= 15 is 0 Å². The van der Waals surface area contributed by atoms with Crippen molar-refractivity contribution in [2.24, 2.45) is 0 Å². The second kappa shape index (κ2) is 5.66. The summed E-state index contributed by atoms with van der Waals surface area (Å²) in [5, 5.41) is 0. The number of rotatable bonds is 5. The lowest BCUT2D eigenvalue weighted by Crippen LogP contribution is -2.26. The lowest BCUT2D eigenvalue weighted by Gasteiger charge is -2.22. The maximum atomic E-state index is 5.08. The van der Waals surface area contributed by atoms with Crippen LogP contribution in [0.1, 0.15) is 12.5 Å². The topological polar surface area (TPSA) is 12.5 Å². The van der Waals surface area contributed by atoms with E-state index in [1.807, 2.05) is 0 Å². The first-order valence-electron chi connectivity index (χ1n) is 5.08. The zero-order valence-corrected chi connectivity index (χ0v) is 9.29. The molecule has 78 valence electrons. The van der Waals surface area contributed by atoms with Crippen LogP contribution in [0.25, 0.3) is 0 Å². The molecule has 0 aliphatic rings. The fraction of sp³-hybridized carbons (Fsp3) is 0.500. The Hall–Kier alpha value is -1.02. The van der Waals surface area contributed by atoms with Crippen LogP contribution < -0.4 is 4.90 Å². The zero-order valence-electron chi connectivity index (χ0n) is 9.29. The van der Waals surface area contributed by atoms with E-state index in [2.05, 4.69) is 43.0 Å². The Balaban J connectivity index is 2.68. The van der Waals surface area contributed by atoms with Gasteiger partial charge in [0.2, 0.25) is 0 Å². The zero-order chi connectivity index (χ0) is 10.4. The fourth-order valence-corrected chi connectivity index (χ4v) is 1.50. The Morgan fingerprint density at radius 3 is 2.71 bits per heavy atom. The molecule has 14 heavy (non-hydrogen) atoms. The van der Waals surface area contributed by atoms with Gasteiger partial charge in [-0.2, -0.15) is 0 Å². The van der Waals surface area contributed by atoms with Gasteiger partial charge in [-0.25, -0.2) is 0 Å². The number of hydrogen-bond donors (Lipinski definition) is 0. The van der Waals surface area contributed by atoms with Crippen LogP contribution >= 0.6 is 0 Å². The quantitative estimate of drug-likeness (QED) is 0.712. The summed E-state index contributed by atoms with van der Waals surface area (Å²) in [6.45, 7) is 7.04. The van der Waals surface area contributed by atoms with Gasteiger partial charge in [0.25, 0.3) is 0 Å². The smallest absolute Gasteiger partial charge is 0.0637 e. The van der Waals surface area contributed by atoms with Gasteiger partial charge < -0.3 is 9.64 Å². The summed E-state index contributed by atoms with van der Waals surface area (Å²) in [7, 11) is 1.74. The lowest BCUT2D eigenvalue weighted by atomic mass is 10.2. The summed E-state index contributed by atoms with van der Waals surface area (Å²) >= 11 is 0. The number of likely N-dealkylation sites (N-methyl/N-ethyl adjacent to an activating group) is 1. The summed E-state index contributed by atoms with van der Waals surface area (Å²) < 4.78 is 5.08. The Morgan fingerprint density at radius 1 is 1.36 bits per heavy atom. The van der Waals surface area contributed by atoms with E-state index in [-0.39, 0.29) is 0 Å². The molecule has 0 amide bonds. The highest BCUT2D eigenvalue weighted by molar-refractivity contribution is 5.48. The predicted octanol–water partition coefficient (Wildman–Crippen LogP) is 2.47. The molecule has 0 aliphatic carbocycles. The molecule has 0 unspecified atom stereocenters. The maximum Gasteiger partial charge on any atom is 0.0637 e. The average molecular weight is 193 g/mol. The number of aryl methyl sites for hydroxylation is 1. The molecular formula is C12H19NO. The van der Waals surface area contributed by atoms with Gasteiger partial charge in [0.05, 0.1) is 6.61 Å². The van der Waals surface area contributed by atoms with E-state index in [0.29, 0.717) is 0 Å². The molecule has 0 spiro atoms. The molecule has 1 aromatic carbocycles. The normalized spacial score (nSPS) is 10.2. The number of anilines is 1. The molecule has 0 saturated heterocycles. The Kier molecular flexibility index (Phi) is 4.47. The van der Waals surface area contributed by atoms with Gasteiger partial charge in [0.1, 0.15) is 0 Å². The molecule has 0 fully saturated rings. The number of nitrogens with zero attached hydrogens (tertiary/aromatic N) is 1. The second-order valence-corrected chi connectivity index (χ2v) is 3.41. The van der Waals surface area contributed by atoms with Crippen LogP contribution in [0.2, 0.25) is 0 Å². The standard InChI is InChI=1S/C12H19NO/c1-4-13(8-9-14-3)12-7-5-6-11(2)10-12/h5-7,10H,4,8-9H2,1-3H3. The van der Waals surface area contributed by atoms with Crippen molar-refractivity contribution in [3.05, 3.63) is 29.8 Å². The molecule has 1 rings (SSSR count). The highest BCUT2D eigenvalue weighted by Gasteiger charge is 2.02. The third-order valence-corrected chi connectivity index (χ3v) is 2.31. The molecule has 2 heteroatoms.